The first kappa shape index (κ1) is 12.0. The van der Waals surface area contributed by atoms with Gasteiger partial charge >= 0.3 is 5.97 Å². The third-order valence-corrected chi connectivity index (χ3v) is 3.46. The van der Waals surface area contributed by atoms with E-state index in [9.17, 15) is 9.90 Å². The van der Waals surface area contributed by atoms with E-state index < -0.39 is 5.97 Å². The number of carboxylic acid groups (broad SMARTS) is 1. The Hall–Kier alpha value is -1.51. The molecule has 0 aromatic heterocycles. The number of hydrogen-bond donors (Lipinski definition) is 1. The number of aryl methyl sites for hydroxylation is 1. The number of anilines is 1. The molecule has 1 aromatic rings. The Kier molecular flexibility index (Phi) is 3.36. The second kappa shape index (κ2) is 4.78. The quantitative estimate of drug-likeness (QED) is 0.869. The molecule has 1 saturated heterocycles. The highest BCUT2D eigenvalue weighted by Gasteiger charge is 2.29. The molecule has 3 nitrogen and oxygen atoms in total. The minimum absolute atomic E-state index is 0.461. The third kappa shape index (κ3) is 2.28. The van der Waals surface area contributed by atoms with Gasteiger partial charge in [-0.15, -0.1) is 0 Å². The van der Waals surface area contributed by atoms with Gasteiger partial charge in [-0.3, -0.25) is 0 Å². The molecule has 92 valence electrons. The molecular formula is C14H19NO2. The van der Waals surface area contributed by atoms with Gasteiger partial charge in [-0.05, 0) is 30.9 Å². The average molecular weight is 233 g/mol. The first-order valence-electron chi connectivity index (χ1n) is 6.21. The molecule has 0 saturated carbocycles. The summed E-state index contributed by atoms with van der Waals surface area (Å²) in [6.07, 6.45) is 2.45. The van der Waals surface area contributed by atoms with Crippen LogP contribution in [0.25, 0.3) is 0 Å². The van der Waals surface area contributed by atoms with E-state index >= 15 is 0 Å². The highest BCUT2D eigenvalue weighted by atomic mass is 16.4. The lowest BCUT2D eigenvalue weighted by atomic mass is 9.93. The Morgan fingerprint density at radius 3 is 2.76 bits per heavy atom. The molecule has 1 aliphatic rings. The maximum Gasteiger partial charge on any atom is 0.338 e. The second-order valence-electron chi connectivity index (χ2n) is 4.83. The summed E-state index contributed by atoms with van der Waals surface area (Å²) < 4.78 is 0. The van der Waals surface area contributed by atoms with Gasteiger partial charge in [0.05, 0.1) is 11.3 Å². The molecule has 3 heteroatoms. The van der Waals surface area contributed by atoms with Crippen LogP contribution < -0.4 is 4.90 Å². The van der Waals surface area contributed by atoms with Gasteiger partial charge in [0, 0.05) is 13.1 Å². The van der Waals surface area contributed by atoms with Crippen LogP contribution in [-0.4, -0.2) is 24.2 Å². The van der Waals surface area contributed by atoms with Crippen LogP contribution in [0.2, 0.25) is 0 Å². The molecule has 0 atom stereocenters. The van der Waals surface area contributed by atoms with E-state index in [-0.39, 0.29) is 0 Å². The predicted molar refractivity (Wildman–Crippen MR) is 68.7 cm³/mol. The summed E-state index contributed by atoms with van der Waals surface area (Å²) in [6, 6.07) is 5.71. The molecule has 1 N–H and O–H groups in total. The van der Waals surface area contributed by atoms with Crippen molar-refractivity contribution in [2.24, 2.45) is 5.92 Å². The average Bonchev–Trinajstić information content (AvgIpc) is 2.21. The van der Waals surface area contributed by atoms with Crippen molar-refractivity contribution in [3.05, 3.63) is 29.3 Å². The minimum Gasteiger partial charge on any atom is -0.478 e. The molecule has 1 fully saturated rings. The number of carbonyl (C=O) groups is 1. The van der Waals surface area contributed by atoms with Crippen molar-refractivity contribution >= 4 is 11.7 Å². The smallest absolute Gasteiger partial charge is 0.338 e. The van der Waals surface area contributed by atoms with Gasteiger partial charge in [0.25, 0.3) is 0 Å². The highest BCUT2D eigenvalue weighted by Crippen LogP contribution is 2.31. The van der Waals surface area contributed by atoms with Gasteiger partial charge in [0.2, 0.25) is 0 Å². The Bertz CT molecular complexity index is 422. The highest BCUT2D eigenvalue weighted by molar-refractivity contribution is 5.96. The van der Waals surface area contributed by atoms with Gasteiger partial charge in [0.15, 0.2) is 0 Å². The second-order valence-corrected chi connectivity index (χ2v) is 4.83. The number of rotatable bonds is 4. The number of hydrogen-bond acceptors (Lipinski definition) is 2. The van der Waals surface area contributed by atoms with Crippen LogP contribution in [0.5, 0.6) is 0 Å². The zero-order chi connectivity index (χ0) is 12.4. The summed E-state index contributed by atoms with van der Waals surface area (Å²) in [4.78, 5) is 13.4. The SMILES string of the molecule is CCCC1CN(c2cccc(C)c2C(=O)O)C1. The molecule has 0 bridgehead atoms. The summed E-state index contributed by atoms with van der Waals surface area (Å²) in [5.41, 5.74) is 2.18. The van der Waals surface area contributed by atoms with Crippen LogP contribution in [0.4, 0.5) is 5.69 Å². The largest absolute Gasteiger partial charge is 0.478 e. The molecule has 1 aromatic carbocycles. The van der Waals surface area contributed by atoms with E-state index in [1.165, 1.54) is 12.8 Å². The first-order valence-corrected chi connectivity index (χ1v) is 6.21. The van der Waals surface area contributed by atoms with Crippen molar-refractivity contribution in [3.63, 3.8) is 0 Å². The molecule has 1 aliphatic heterocycles. The fourth-order valence-corrected chi connectivity index (χ4v) is 2.55. The van der Waals surface area contributed by atoms with Crippen molar-refractivity contribution in [1.29, 1.82) is 0 Å². The van der Waals surface area contributed by atoms with E-state index in [1.807, 2.05) is 25.1 Å². The van der Waals surface area contributed by atoms with Gasteiger partial charge in [-0.1, -0.05) is 25.5 Å². The predicted octanol–water partition coefficient (Wildman–Crippen LogP) is 2.93. The van der Waals surface area contributed by atoms with Crippen LogP contribution in [0.15, 0.2) is 18.2 Å². The molecule has 0 spiro atoms. The molecule has 2 rings (SSSR count). The topological polar surface area (TPSA) is 40.5 Å². The molecular weight excluding hydrogens is 214 g/mol. The number of nitrogens with zero attached hydrogens (tertiary/aromatic N) is 1. The lowest BCUT2D eigenvalue weighted by molar-refractivity contribution is 0.0696. The van der Waals surface area contributed by atoms with E-state index in [0.29, 0.717) is 5.56 Å². The monoisotopic (exact) mass is 233 g/mol. The fraction of sp³-hybridized carbons (Fsp3) is 0.500. The van der Waals surface area contributed by atoms with Gasteiger partial charge in [-0.2, -0.15) is 0 Å². The van der Waals surface area contributed by atoms with Crippen LogP contribution >= 0.6 is 0 Å². The van der Waals surface area contributed by atoms with Gasteiger partial charge in [0.1, 0.15) is 0 Å². The van der Waals surface area contributed by atoms with Crippen molar-refractivity contribution in [2.75, 3.05) is 18.0 Å². The van der Waals surface area contributed by atoms with Crippen LogP contribution in [0.3, 0.4) is 0 Å². The lowest BCUT2D eigenvalue weighted by Crippen LogP contribution is -2.47. The van der Waals surface area contributed by atoms with Crippen molar-refractivity contribution in [3.8, 4) is 0 Å². The third-order valence-electron chi connectivity index (χ3n) is 3.46. The summed E-state index contributed by atoms with van der Waals surface area (Å²) in [7, 11) is 0. The van der Waals surface area contributed by atoms with Crippen LogP contribution in [-0.2, 0) is 0 Å². The summed E-state index contributed by atoms with van der Waals surface area (Å²) >= 11 is 0. The molecule has 0 amide bonds. The number of benzene rings is 1. The Balaban J connectivity index is 2.17. The molecule has 0 unspecified atom stereocenters. The number of carboxylic acids is 1. The van der Waals surface area contributed by atoms with E-state index in [0.717, 1.165) is 30.3 Å². The van der Waals surface area contributed by atoms with Crippen LogP contribution in [0.1, 0.15) is 35.7 Å². The maximum atomic E-state index is 11.3. The standard InChI is InChI=1S/C14H19NO2/c1-3-5-11-8-15(9-11)12-7-4-6-10(2)13(12)14(16)17/h4,6-7,11H,3,5,8-9H2,1-2H3,(H,16,17). The van der Waals surface area contributed by atoms with E-state index in [1.54, 1.807) is 0 Å². The first-order chi connectivity index (χ1) is 8.13. The van der Waals surface area contributed by atoms with Gasteiger partial charge in [-0.25, -0.2) is 4.79 Å². The van der Waals surface area contributed by atoms with Crippen molar-refractivity contribution < 1.29 is 9.90 Å². The van der Waals surface area contributed by atoms with Crippen molar-refractivity contribution in [2.45, 2.75) is 26.7 Å². The summed E-state index contributed by atoms with van der Waals surface area (Å²) in [5, 5.41) is 9.26. The minimum atomic E-state index is -0.822. The van der Waals surface area contributed by atoms with E-state index in [2.05, 4.69) is 11.8 Å². The fourth-order valence-electron chi connectivity index (χ4n) is 2.55. The summed E-state index contributed by atoms with van der Waals surface area (Å²) in [6.45, 7) is 6.05. The Morgan fingerprint density at radius 1 is 1.47 bits per heavy atom. The lowest BCUT2D eigenvalue weighted by Gasteiger charge is -2.42. The van der Waals surface area contributed by atoms with E-state index in [4.69, 9.17) is 0 Å². The zero-order valence-electron chi connectivity index (χ0n) is 10.4. The molecule has 0 radical (unpaired) electrons. The molecule has 0 aliphatic carbocycles. The number of aromatic carboxylic acids is 1. The Morgan fingerprint density at radius 2 is 2.18 bits per heavy atom. The maximum absolute atomic E-state index is 11.3. The zero-order valence-corrected chi connectivity index (χ0v) is 10.4. The van der Waals surface area contributed by atoms with Gasteiger partial charge < -0.3 is 10.0 Å². The van der Waals surface area contributed by atoms with Crippen LogP contribution in [0, 0.1) is 12.8 Å². The molecule has 1 heterocycles. The molecule has 17 heavy (non-hydrogen) atoms. The summed E-state index contributed by atoms with van der Waals surface area (Å²) in [5.74, 6) is -0.0841. The van der Waals surface area contributed by atoms with Crippen molar-refractivity contribution in [1.82, 2.24) is 0 Å². The normalized spacial score (nSPS) is 15.8. The Labute approximate surface area is 102 Å².